The molecule has 0 aromatic carbocycles. The highest BCUT2D eigenvalue weighted by atomic mass is 13.9. The molecule has 1 heteroatoms. The molecule has 0 aliphatic carbocycles. The van der Waals surface area contributed by atoms with Gasteiger partial charge in [0.15, 0.2) is 0 Å². The minimum absolute atomic E-state index is 0.713. The van der Waals surface area contributed by atoms with E-state index in [-0.39, 0.29) is 0 Å². The lowest BCUT2D eigenvalue weighted by atomic mass is 9.91. The molecule has 0 saturated carbocycles. The Bertz CT molecular complexity index is 23.1. The van der Waals surface area contributed by atoms with Crippen LogP contribution in [0.4, 0.5) is 0 Å². The minimum Gasteiger partial charge on any atom is -0.0862 e. The third-order valence-corrected chi connectivity index (χ3v) is 1.10. The van der Waals surface area contributed by atoms with Crippen molar-refractivity contribution in [3.63, 3.8) is 0 Å². The van der Waals surface area contributed by atoms with E-state index in [4.69, 9.17) is 7.85 Å². The van der Waals surface area contributed by atoms with Crippen LogP contribution in [0.3, 0.4) is 0 Å². The number of rotatable bonds is 2. The van der Waals surface area contributed by atoms with Crippen molar-refractivity contribution < 1.29 is 0 Å². The normalized spacial score (nSPS) is 14.3. The molecule has 0 nitrogen and oxygen atoms in total. The molecule has 0 rings (SSSR count). The molecule has 0 spiro atoms. The van der Waals surface area contributed by atoms with Crippen molar-refractivity contribution in [1.82, 2.24) is 0 Å². The summed E-state index contributed by atoms with van der Waals surface area (Å²) in [5, 5.41) is 0. The highest BCUT2D eigenvalue weighted by Gasteiger charge is 1.88. The van der Waals surface area contributed by atoms with Gasteiger partial charge in [0.25, 0.3) is 0 Å². The Kier molecular flexibility index (Phi) is 3.30. The summed E-state index contributed by atoms with van der Waals surface area (Å²) in [5.74, 6) is 0.713. The van der Waals surface area contributed by atoms with Gasteiger partial charge < -0.3 is 0 Å². The van der Waals surface area contributed by atoms with Gasteiger partial charge >= 0.3 is 0 Å². The van der Waals surface area contributed by atoms with Gasteiger partial charge in [-0.05, 0) is 0 Å². The molecule has 6 heavy (non-hydrogen) atoms. The van der Waals surface area contributed by atoms with Crippen LogP contribution in [0.1, 0.15) is 20.3 Å². The summed E-state index contributed by atoms with van der Waals surface area (Å²) < 4.78 is 0. The average Bonchev–Trinajstić information content (AvgIpc) is 1.65. The van der Waals surface area contributed by atoms with Gasteiger partial charge in [0.1, 0.15) is 0 Å². The fourth-order valence-corrected chi connectivity index (χ4v) is 0.167. The first-order valence-corrected chi connectivity index (χ1v) is 2.51. The smallest absolute Gasteiger partial charge is 0.0656 e. The van der Waals surface area contributed by atoms with Crippen LogP contribution in [-0.4, -0.2) is 7.85 Å². The third-order valence-electron chi connectivity index (χ3n) is 1.10. The Morgan fingerprint density at radius 2 is 2.17 bits per heavy atom. The standard InChI is InChI=1S/C5H11B/c1-3-5(2)4-6/h5H,3-4H2,1-2H3. The predicted molar refractivity (Wildman–Crippen MR) is 30.0 cm³/mol. The molecule has 0 heterocycles. The number of hydrogen-bond acceptors (Lipinski definition) is 0. The summed E-state index contributed by atoms with van der Waals surface area (Å²) in [5.41, 5.74) is 0. The fourth-order valence-electron chi connectivity index (χ4n) is 0.167. The maximum absolute atomic E-state index is 5.28. The molecule has 0 aliphatic rings. The molecule has 2 radical (unpaired) electrons. The second-order valence-corrected chi connectivity index (χ2v) is 1.75. The monoisotopic (exact) mass is 82.1 g/mol. The molecule has 0 amide bonds. The first kappa shape index (κ1) is 6.06. The Hall–Kier alpha value is 0.0649. The molecule has 34 valence electrons. The first-order valence-electron chi connectivity index (χ1n) is 2.51. The van der Waals surface area contributed by atoms with Gasteiger partial charge in [-0.25, -0.2) is 0 Å². The van der Waals surface area contributed by atoms with Gasteiger partial charge in [0.2, 0.25) is 0 Å². The summed E-state index contributed by atoms with van der Waals surface area (Å²) in [6, 6.07) is 0. The lowest BCUT2D eigenvalue weighted by Crippen LogP contribution is -1.87. The molecule has 1 atom stereocenters. The Morgan fingerprint density at radius 1 is 1.67 bits per heavy atom. The molecule has 0 aromatic rings. The summed E-state index contributed by atoms with van der Waals surface area (Å²) in [6.07, 6.45) is 2.03. The minimum atomic E-state index is 0.713. The van der Waals surface area contributed by atoms with E-state index in [0.717, 1.165) is 6.32 Å². The second-order valence-electron chi connectivity index (χ2n) is 1.75. The van der Waals surface area contributed by atoms with Crippen LogP contribution in [0.15, 0.2) is 0 Å². The van der Waals surface area contributed by atoms with Crippen molar-refractivity contribution in [3.8, 4) is 0 Å². The Labute approximate surface area is 41.4 Å². The molecule has 0 bridgehead atoms. The topological polar surface area (TPSA) is 0 Å². The zero-order valence-electron chi connectivity index (χ0n) is 4.57. The zero-order chi connectivity index (χ0) is 4.99. The van der Waals surface area contributed by atoms with Crippen molar-refractivity contribution >= 4 is 7.85 Å². The van der Waals surface area contributed by atoms with Crippen LogP contribution < -0.4 is 0 Å². The zero-order valence-corrected chi connectivity index (χ0v) is 4.57. The van der Waals surface area contributed by atoms with E-state index in [1.165, 1.54) is 6.42 Å². The molecule has 0 N–H and O–H groups in total. The summed E-state index contributed by atoms with van der Waals surface area (Å²) in [4.78, 5) is 0. The maximum atomic E-state index is 5.28. The van der Waals surface area contributed by atoms with Gasteiger partial charge in [-0.3, -0.25) is 0 Å². The van der Waals surface area contributed by atoms with Crippen molar-refractivity contribution in [3.05, 3.63) is 0 Å². The SMILES string of the molecule is [B]CC(C)CC. The van der Waals surface area contributed by atoms with Crippen LogP contribution in [0.5, 0.6) is 0 Å². The van der Waals surface area contributed by atoms with Gasteiger partial charge in [-0.2, -0.15) is 0 Å². The van der Waals surface area contributed by atoms with Crippen LogP contribution in [0, 0.1) is 5.92 Å². The maximum Gasteiger partial charge on any atom is 0.0656 e. The van der Waals surface area contributed by atoms with E-state index >= 15 is 0 Å². The Morgan fingerprint density at radius 3 is 2.17 bits per heavy atom. The highest BCUT2D eigenvalue weighted by molar-refractivity contribution is 6.08. The molecular weight excluding hydrogens is 70.9 g/mol. The number of hydrogen-bond donors (Lipinski definition) is 0. The van der Waals surface area contributed by atoms with Crippen molar-refractivity contribution in [1.29, 1.82) is 0 Å². The van der Waals surface area contributed by atoms with E-state index in [1.807, 2.05) is 0 Å². The fraction of sp³-hybridized carbons (Fsp3) is 1.00. The van der Waals surface area contributed by atoms with E-state index in [9.17, 15) is 0 Å². The first-order chi connectivity index (χ1) is 2.81. The molecular formula is C5H11B. The van der Waals surface area contributed by atoms with Crippen LogP contribution in [0.2, 0.25) is 6.32 Å². The van der Waals surface area contributed by atoms with Crippen LogP contribution in [0.25, 0.3) is 0 Å². The molecule has 0 saturated heterocycles. The van der Waals surface area contributed by atoms with Crippen molar-refractivity contribution in [2.24, 2.45) is 5.92 Å². The predicted octanol–water partition coefficient (Wildman–Crippen LogP) is 1.62. The van der Waals surface area contributed by atoms with Gasteiger partial charge in [-0.1, -0.05) is 32.5 Å². The lowest BCUT2D eigenvalue weighted by molar-refractivity contribution is 0.625. The quantitative estimate of drug-likeness (QED) is 0.444. The molecule has 0 aliphatic heterocycles. The highest BCUT2D eigenvalue weighted by Crippen LogP contribution is 2.01. The van der Waals surface area contributed by atoms with E-state index in [2.05, 4.69) is 13.8 Å². The second kappa shape index (κ2) is 3.26. The van der Waals surface area contributed by atoms with Gasteiger partial charge in [0.05, 0.1) is 7.85 Å². The van der Waals surface area contributed by atoms with Gasteiger partial charge in [-0.15, -0.1) is 0 Å². The summed E-state index contributed by atoms with van der Waals surface area (Å²) in [6.45, 7) is 4.30. The Balaban J connectivity index is 2.75. The average molecular weight is 82.0 g/mol. The summed E-state index contributed by atoms with van der Waals surface area (Å²) >= 11 is 0. The van der Waals surface area contributed by atoms with Crippen LogP contribution >= 0.6 is 0 Å². The van der Waals surface area contributed by atoms with E-state index in [1.54, 1.807) is 0 Å². The molecule has 0 fully saturated rings. The largest absolute Gasteiger partial charge is 0.0862 e. The van der Waals surface area contributed by atoms with Crippen molar-refractivity contribution in [2.45, 2.75) is 26.6 Å². The third kappa shape index (κ3) is 2.31. The van der Waals surface area contributed by atoms with E-state index < -0.39 is 0 Å². The molecule has 0 aromatic heterocycles. The van der Waals surface area contributed by atoms with Crippen molar-refractivity contribution in [2.75, 3.05) is 0 Å². The molecule has 1 unspecified atom stereocenters. The van der Waals surface area contributed by atoms with Crippen LogP contribution in [-0.2, 0) is 0 Å². The van der Waals surface area contributed by atoms with E-state index in [0.29, 0.717) is 5.92 Å². The lowest BCUT2D eigenvalue weighted by Gasteiger charge is -1.99. The van der Waals surface area contributed by atoms with Gasteiger partial charge in [0, 0.05) is 0 Å². The summed E-state index contributed by atoms with van der Waals surface area (Å²) in [7, 11) is 5.28.